The summed E-state index contributed by atoms with van der Waals surface area (Å²) >= 11 is 0. The molecule has 23 heavy (non-hydrogen) atoms. The third-order valence-corrected chi connectivity index (χ3v) is 4.19. The van der Waals surface area contributed by atoms with Crippen LogP contribution in [0.2, 0.25) is 0 Å². The second-order valence-electron chi connectivity index (χ2n) is 5.74. The monoisotopic (exact) mass is 342 g/mol. The molecule has 1 atom stereocenters. The lowest BCUT2D eigenvalue weighted by molar-refractivity contribution is -0.144. The van der Waals surface area contributed by atoms with Gasteiger partial charge in [-0.1, -0.05) is 12.1 Å². The van der Waals surface area contributed by atoms with Gasteiger partial charge in [0.05, 0.1) is 13.7 Å². The van der Waals surface area contributed by atoms with E-state index in [0.717, 1.165) is 37.2 Å². The van der Waals surface area contributed by atoms with Gasteiger partial charge in [-0.25, -0.2) is 0 Å². The zero-order valence-electron chi connectivity index (χ0n) is 14.1. The number of nitrogens with zero attached hydrogens (tertiary/aromatic N) is 1. The largest absolute Gasteiger partial charge is 0.497 e. The summed E-state index contributed by atoms with van der Waals surface area (Å²) < 4.78 is 10.9. The Morgan fingerprint density at radius 2 is 2.09 bits per heavy atom. The van der Waals surface area contributed by atoms with Crippen LogP contribution in [0.15, 0.2) is 24.3 Å². The van der Waals surface area contributed by atoms with Gasteiger partial charge in [-0.15, -0.1) is 12.4 Å². The average molecular weight is 343 g/mol. The average Bonchev–Trinajstić information content (AvgIpc) is 2.59. The van der Waals surface area contributed by atoms with Crippen LogP contribution in [0, 0.1) is 0 Å². The number of hydrogen-bond acceptors (Lipinski definition) is 4. The van der Waals surface area contributed by atoms with Crippen LogP contribution in [0.4, 0.5) is 0 Å². The quantitative estimate of drug-likeness (QED) is 0.861. The summed E-state index contributed by atoms with van der Waals surface area (Å²) in [5.74, 6) is 0.849. The van der Waals surface area contributed by atoms with Crippen LogP contribution >= 0.6 is 12.4 Å². The van der Waals surface area contributed by atoms with E-state index in [4.69, 9.17) is 9.47 Å². The number of carbonyl (C=O) groups is 1. The van der Waals surface area contributed by atoms with Gasteiger partial charge in [-0.2, -0.15) is 0 Å². The van der Waals surface area contributed by atoms with Crippen LogP contribution in [-0.4, -0.2) is 50.2 Å². The first kappa shape index (κ1) is 19.7. The van der Waals surface area contributed by atoms with Crippen LogP contribution in [0.5, 0.6) is 5.75 Å². The number of hydrogen-bond donors (Lipinski definition) is 1. The van der Waals surface area contributed by atoms with Gasteiger partial charge < -0.3 is 19.7 Å². The van der Waals surface area contributed by atoms with Gasteiger partial charge in [0.2, 0.25) is 0 Å². The van der Waals surface area contributed by atoms with Gasteiger partial charge in [-0.05, 0) is 50.6 Å². The molecule has 1 aromatic rings. The summed E-state index contributed by atoms with van der Waals surface area (Å²) in [6.45, 7) is 4.17. The van der Waals surface area contributed by atoms with Gasteiger partial charge in [0.1, 0.15) is 11.9 Å². The number of piperidine rings is 1. The number of rotatable bonds is 6. The number of nitrogens with one attached hydrogen (secondary N) is 1. The Labute approximate surface area is 144 Å². The highest BCUT2D eigenvalue weighted by molar-refractivity contribution is 5.85. The van der Waals surface area contributed by atoms with Crippen molar-refractivity contribution >= 4 is 18.3 Å². The Morgan fingerprint density at radius 3 is 2.74 bits per heavy atom. The van der Waals surface area contributed by atoms with Crippen molar-refractivity contribution in [2.75, 3.05) is 27.2 Å². The van der Waals surface area contributed by atoms with Crippen molar-refractivity contribution in [3.8, 4) is 5.75 Å². The fourth-order valence-electron chi connectivity index (χ4n) is 2.72. The molecule has 2 rings (SSSR count). The molecule has 0 saturated carbocycles. The first-order chi connectivity index (χ1) is 10.6. The maximum atomic E-state index is 12.4. The van der Waals surface area contributed by atoms with Gasteiger partial charge in [0, 0.05) is 13.1 Å². The van der Waals surface area contributed by atoms with Gasteiger partial charge in [0.25, 0.3) is 5.91 Å². The Kier molecular flexibility index (Phi) is 8.37. The lowest BCUT2D eigenvalue weighted by Crippen LogP contribution is -2.47. The Hall–Kier alpha value is -1.30. The zero-order chi connectivity index (χ0) is 15.9. The lowest BCUT2D eigenvalue weighted by Gasteiger charge is -2.33. The summed E-state index contributed by atoms with van der Waals surface area (Å²) in [4.78, 5) is 14.3. The summed E-state index contributed by atoms with van der Waals surface area (Å²) in [6, 6.07) is 8.02. The van der Waals surface area contributed by atoms with Crippen molar-refractivity contribution in [1.82, 2.24) is 10.2 Å². The molecule has 5 nitrogen and oxygen atoms in total. The van der Waals surface area contributed by atoms with Crippen molar-refractivity contribution in [1.29, 1.82) is 0 Å². The SMILES string of the molecule is COc1cccc(COC(C)C(=O)N(C)C2CCNCC2)c1.Cl. The molecule has 1 aliphatic heterocycles. The molecule has 1 unspecified atom stereocenters. The van der Waals surface area contributed by atoms with E-state index < -0.39 is 6.10 Å². The minimum atomic E-state index is -0.439. The molecule has 1 heterocycles. The number of ether oxygens (including phenoxy) is 2. The minimum Gasteiger partial charge on any atom is -0.497 e. The highest BCUT2D eigenvalue weighted by Crippen LogP contribution is 2.15. The number of benzene rings is 1. The van der Waals surface area contributed by atoms with E-state index in [-0.39, 0.29) is 18.3 Å². The fourth-order valence-corrected chi connectivity index (χ4v) is 2.72. The highest BCUT2D eigenvalue weighted by Gasteiger charge is 2.25. The third kappa shape index (κ3) is 5.68. The van der Waals surface area contributed by atoms with E-state index in [1.807, 2.05) is 43.1 Å². The number of carbonyl (C=O) groups excluding carboxylic acids is 1. The topological polar surface area (TPSA) is 50.8 Å². The van der Waals surface area contributed by atoms with Gasteiger partial charge >= 0.3 is 0 Å². The summed E-state index contributed by atoms with van der Waals surface area (Å²) in [6.07, 6.45) is 1.57. The van der Waals surface area contributed by atoms with Crippen LogP contribution in [0.25, 0.3) is 0 Å². The van der Waals surface area contributed by atoms with Gasteiger partial charge in [0.15, 0.2) is 0 Å². The number of halogens is 1. The molecule has 1 amide bonds. The van der Waals surface area contributed by atoms with Crippen molar-refractivity contribution in [3.05, 3.63) is 29.8 Å². The Morgan fingerprint density at radius 1 is 1.39 bits per heavy atom. The van der Waals surface area contributed by atoms with E-state index in [0.29, 0.717) is 12.6 Å². The smallest absolute Gasteiger partial charge is 0.251 e. The van der Waals surface area contributed by atoms with Crippen molar-refractivity contribution in [2.24, 2.45) is 0 Å². The third-order valence-electron chi connectivity index (χ3n) is 4.19. The molecule has 1 fully saturated rings. The highest BCUT2D eigenvalue weighted by atomic mass is 35.5. The molecule has 0 spiro atoms. The van der Waals surface area contributed by atoms with Gasteiger partial charge in [-0.3, -0.25) is 4.79 Å². The van der Waals surface area contributed by atoms with Crippen LogP contribution in [0.3, 0.4) is 0 Å². The maximum absolute atomic E-state index is 12.4. The van der Waals surface area contributed by atoms with E-state index >= 15 is 0 Å². The normalized spacial score (nSPS) is 16.3. The number of likely N-dealkylation sites (N-methyl/N-ethyl adjacent to an activating group) is 1. The molecule has 1 aliphatic rings. The van der Waals surface area contributed by atoms with E-state index in [1.54, 1.807) is 7.11 Å². The van der Waals surface area contributed by atoms with Crippen LogP contribution in [-0.2, 0) is 16.1 Å². The molecule has 0 bridgehead atoms. The zero-order valence-corrected chi connectivity index (χ0v) is 14.9. The predicted molar refractivity (Wildman–Crippen MR) is 93.2 cm³/mol. The van der Waals surface area contributed by atoms with Crippen molar-refractivity contribution in [3.63, 3.8) is 0 Å². The first-order valence-electron chi connectivity index (χ1n) is 7.83. The van der Waals surface area contributed by atoms with Crippen molar-refractivity contribution in [2.45, 2.75) is 38.5 Å². The Balaban J connectivity index is 0.00000264. The van der Waals surface area contributed by atoms with E-state index in [9.17, 15) is 4.79 Å². The van der Waals surface area contributed by atoms with Crippen LogP contribution < -0.4 is 10.1 Å². The molecule has 6 heteroatoms. The van der Waals surface area contributed by atoms with E-state index in [2.05, 4.69) is 5.32 Å². The molecule has 0 radical (unpaired) electrons. The summed E-state index contributed by atoms with van der Waals surface area (Å²) in [5.41, 5.74) is 1.00. The first-order valence-corrected chi connectivity index (χ1v) is 7.83. The number of amides is 1. The second kappa shape index (κ2) is 9.75. The minimum absolute atomic E-state index is 0. The second-order valence-corrected chi connectivity index (χ2v) is 5.74. The standard InChI is InChI=1S/C17H26N2O3.ClH/c1-13(17(20)19(2)15-7-9-18-10-8-15)22-12-14-5-4-6-16(11-14)21-3;/h4-6,11,13,15,18H,7-10,12H2,1-3H3;1H. The molecule has 1 N–H and O–H groups in total. The fraction of sp³-hybridized carbons (Fsp3) is 0.588. The number of methoxy groups -OCH3 is 1. The molecule has 1 saturated heterocycles. The molecule has 0 aliphatic carbocycles. The maximum Gasteiger partial charge on any atom is 0.251 e. The summed E-state index contributed by atoms with van der Waals surface area (Å²) in [7, 11) is 3.52. The molecule has 1 aromatic carbocycles. The molecule has 0 aromatic heterocycles. The lowest BCUT2D eigenvalue weighted by atomic mass is 10.0. The molecular weight excluding hydrogens is 316 g/mol. The predicted octanol–water partition coefficient (Wildman–Crippen LogP) is 2.23. The molecular formula is C17H27ClN2O3. The summed E-state index contributed by atoms with van der Waals surface area (Å²) in [5, 5.41) is 3.31. The van der Waals surface area contributed by atoms with Crippen LogP contribution in [0.1, 0.15) is 25.3 Å². The Bertz CT molecular complexity index is 492. The molecule has 130 valence electrons. The van der Waals surface area contributed by atoms with E-state index in [1.165, 1.54) is 0 Å². The van der Waals surface area contributed by atoms with Crippen molar-refractivity contribution < 1.29 is 14.3 Å².